The van der Waals surface area contributed by atoms with Gasteiger partial charge in [-0.2, -0.15) is 5.01 Å². The van der Waals surface area contributed by atoms with Crippen molar-refractivity contribution in [1.29, 1.82) is 0 Å². The lowest BCUT2D eigenvalue weighted by molar-refractivity contribution is 0.0960. The summed E-state index contributed by atoms with van der Waals surface area (Å²) in [6.45, 7) is 3.56. The fraction of sp³-hybridized carbons (Fsp3) is 0.111. The number of nitrogens with zero attached hydrogens (tertiary/aromatic N) is 2. The number of nitrogens with one attached hydrogen (secondary N) is 1. The molecule has 0 spiro atoms. The van der Waals surface area contributed by atoms with Gasteiger partial charge in [-0.25, -0.2) is 19.8 Å². The van der Waals surface area contributed by atoms with Gasteiger partial charge < -0.3 is 13.9 Å². The zero-order valence-electron chi connectivity index (χ0n) is 25.1. The second-order valence-electron chi connectivity index (χ2n) is 9.65. The van der Waals surface area contributed by atoms with Crippen LogP contribution in [-0.2, 0) is 9.47 Å². The molecule has 45 heavy (non-hydrogen) atoms. The molecule has 0 radical (unpaired) electrons. The van der Waals surface area contributed by atoms with Gasteiger partial charge in [0.2, 0.25) is 0 Å². The maximum absolute atomic E-state index is 13.7. The van der Waals surface area contributed by atoms with Gasteiger partial charge in [0.15, 0.2) is 5.76 Å². The van der Waals surface area contributed by atoms with Gasteiger partial charge in [-0.05, 0) is 26.0 Å². The predicted octanol–water partition coefficient (Wildman–Crippen LogP) is 7.40. The molecule has 228 valence electrons. The molecule has 0 fully saturated rings. The number of rotatable bonds is 9. The first-order valence-electron chi connectivity index (χ1n) is 14.6. The highest BCUT2D eigenvalue weighted by molar-refractivity contribution is 7.87. The monoisotopic (exact) mass is 619 g/mol. The molecule has 0 saturated heterocycles. The van der Waals surface area contributed by atoms with Gasteiger partial charge in [-0.15, -0.1) is 0 Å². The molecular weight excluding hydrogens is 585 g/mol. The van der Waals surface area contributed by atoms with E-state index in [2.05, 4.69) is 41.8 Å². The first kappa shape index (κ1) is 31.1. The van der Waals surface area contributed by atoms with Crippen molar-refractivity contribution < 1.29 is 23.5 Å². The summed E-state index contributed by atoms with van der Waals surface area (Å²) in [5, 5.41) is 4.01. The van der Waals surface area contributed by atoms with Crippen LogP contribution in [0.5, 0.6) is 0 Å². The number of carbonyl (C=O) groups is 2. The predicted molar refractivity (Wildman–Crippen MR) is 179 cm³/mol. The van der Waals surface area contributed by atoms with Crippen molar-refractivity contribution in [3.05, 3.63) is 151 Å². The van der Waals surface area contributed by atoms with Crippen LogP contribution in [0.2, 0.25) is 0 Å². The first-order chi connectivity index (χ1) is 22.1. The number of hydrogen-bond acceptors (Lipinski definition) is 6. The average Bonchev–Trinajstić information content (AvgIpc) is 3.63. The lowest BCUT2D eigenvalue weighted by atomic mass is 10.1. The molecule has 0 saturated carbocycles. The van der Waals surface area contributed by atoms with E-state index in [1.807, 2.05) is 84.9 Å². The summed E-state index contributed by atoms with van der Waals surface area (Å²) < 4.78 is 22.4. The van der Waals surface area contributed by atoms with E-state index in [1.54, 1.807) is 32.2 Å². The number of amides is 2. The van der Waals surface area contributed by atoms with E-state index in [0.717, 1.165) is 20.9 Å². The van der Waals surface area contributed by atoms with Crippen molar-refractivity contribution in [2.45, 2.75) is 13.8 Å². The summed E-state index contributed by atoms with van der Waals surface area (Å²) in [4.78, 5) is 26.6. The molecule has 0 aliphatic heterocycles. The minimum absolute atomic E-state index is 0.0735. The maximum atomic E-state index is 13.7. The molecule has 2 amide bonds. The lowest BCUT2D eigenvalue weighted by Crippen LogP contribution is -2.45. The Labute approximate surface area is 263 Å². The van der Waals surface area contributed by atoms with Gasteiger partial charge in [0, 0.05) is 21.5 Å². The first-order valence-corrected chi connectivity index (χ1v) is 16.4. The number of benzene rings is 4. The Morgan fingerprint density at radius 2 is 1.18 bits per heavy atom. The molecule has 4 aromatic carbocycles. The second kappa shape index (κ2) is 14.9. The minimum atomic E-state index is -2.87. The molecule has 5 aromatic rings. The summed E-state index contributed by atoms with van der Waals surface area (Å²) >= 11 is 0. The molecule has 5 rings (SSSR count). The zero-order chi connectivity index (χ0) is 31.5. The van der Waals surface area contributed by atoms with E-state index in [0.29, 0.717) is 17.0 Å². The molecule has 8 nitrogen and oxygen atoms in total. The SMILES string of the molecule is CCOC(=O)NN(C(=O)OCC)/C(=C(/N=P(c1ccccc1)(c1ccccc1)c1ccccc1)c1ccco1)c1ccccc1. The van der Waals surface area contributed by atoms with Crippen molar-refractivity contribution in [2.75, 3.05) is 13.2 Å². The second-order valence-corrected chi connectivity index (χ2v) is 12.7. The highest BCUT2D eigenvalue weighted by Gasteiger charge is 2.33. The van der Waals surface area contributed by atoms with Crippen LogP contribution in [0.1, 0.15) is 25.2 Å². The third kappa shape index (κ3) is 6.92. The van der Waals surface area contributed by atoms with Gasteiger partial charge >= 0.3 is 12.2 Å². The maximum Gasteiger partial charge on any atom is 0.433 e. The summed E-state index contributed by atoms with van der Waals surface area (Å²) in [6.07, 6.45) is -0.0889. The molecule has 0 atom stereocenters. The molecule has 0 aliphatic rings. The number of carbonyl (C=O) groups excluding carboxylic acids is 2. The van der Waals surface area contributed by atoms with Crippen molar-refractivity contribution in [3.63, 3.8) is 0 Å². The Morgan fingerprint density at radius 3 is 1.62 bits per heavy atom. The highest BCUT2D eigenvalue weighted by atomic mass is 31.2. The van der Waals surface area contributed by atoms with Crippen LogP contribution in [-0.4, -0.2) is 30.4 Å². The van der Waals surface area contributed by atoms with E-state index in [4.69, 9.17) is 18.6 Å². The Kier molecular flexibility index (Phi) is 10.3. The van der Waals surface area contributed by atoms with Crippen LogP contribution in [0.15, 0.2) is 149 Å². The van der Waals surface area contributed by atoms with Crippen LogP contribution in [0.3, 0.4) is 0 Å². The molecule has 0 bridgehead atoms. The summed E-state index contributed by atoms with van der Waals surface area (Å²) in [5.41, 5.74) is 3.77. The zero-order valence-corrected chi connectivity index (χ0v) is 26.0. The third-order valence-electron chi connectivity index (χ3n) is 6.82. The quantitative estimate of drug-likeness (QED) is 0.137. The van der Waals surface area contributed by atoms with Crippen LogP contribution < -0.4 is 21.3 Å². The summed E-state index contributed by atoms with van der Waals surface area (Å²) in [5.74, 6) is 0.390. The van der Waals surface area contributed by atoms with Crippen molar-refractivity contribution in [3.8, 4) is 0 Å². The van der Waals surface area contributed by atoms with Gasteiger partial charge in [0.05, 0.1) is 26.5 Å². The van der Waals surface area contributed by atoms with Crippen LogP contribution in [0.4, 0.5) is 9.59 Å². The summed E-state index contributed by atoms with van der Waals surface area (Å²) in [7, 11) is -2.87. The van der Waals surface area contributed by atoms with Gasteiger partial charge in [0.25, 0.3) is 0 Å². The van der Waals surface area contributed by atoms with E-state index in [-0.39, 0.29) is 18.9 Å². The largest absolute Gasteiger partial charge is 0.463 e. The van der Waals surface area contributed by atoms with E-state index in [9.17, 15) is 9.59 Å². The number of hydrogen-bond donors (Lipinski definition) is 1. The number of hydrazine groups is 1. The third-order valence-corrected chi connectivity index (χ3v) is 10.5. The minimum Gasteiger partial charge on any atom is -0.463 e. The van der Waals surface area contributed by atoms with Crippen LogP contribution in [0.25, 0.3) is 11.4 Å². The van der Waals surface area contributed by atoms with Crippen LogP contribution >= 0.6 is 7.05 Å². The Balaban J connectivity index is 1.99. The average molecular weight is 620 g/mol. The fourth-order valence-corrected chi connectivity index (χ4v) is 8.48. The summed E-state index contributed by atoms with van der Waals surface area (Å²) in [6, 6.07) is 43.0. The lowest BCUT2D eigenvalue weighted by Gasteiger charge is -2.30. The molecule has 1 heterocycles. The molecule has 0 unspecified atom stereocenters. The van der Waals surface area contributed by atoms with E-state index in [1.165, 1.54) is 0 Å². The Morgan fingerprint density at radius 1 is 0.689 bits per heavy atom. The topological polar surface area (TPSA) is 93.4 Å². The number of furan rings is 1. The fourth-order valence-electron chi connectivity index (χ4n) is 4.93. The molecule has 1 aromatic heterocycles. The molecule has 1 N–H and O–H groups in total. The molecule has 0 aliphatic carbocycles. The van der Waals surface area contributed by atoms with Crippen molar-refractivity contribution in [1.82, 2.24) is 10.4 Å². The molecular formula is C36H34N3O5P. The number of ether oxygens (including phenoxy) is 2. The van der Waals surface area contributed by atoms with Crippen molar-refractivity contribution >= 4 is 46.5 Å². The van der Waals surface area contributed by atoms with Gasteiger partial charge in [-0.1, -0.05) is 121 Å². The Hall–Kier alpha value is -5.33. The van der Waals surface area contributed by atoms with Gasteiger partial charge in [0.1, 0.15) is 11.4 Å². The standard InChI is InChI=1S/C36H34N3O5P/c1-3-42-35(40)37-39(36(41)43-4-2)34(28-18-9-5-10-19-28)33(32-26-17-27-44-32)38-45(29-20-11-6-12-21-29,30-22-13-7-14-23-30)31-24-15-8-16-25-31/h5-27H,3-4H2,1-2H3,(H,37,40)/b34-33+. The van der Waals surface area contributed by atoms with E-state index < -0.39 is 19.2 Å². The normalized spacial score (nSPS) is 11.6. The molecule has 9 heteroatoms. The van der Waals surface area contributed by atoms with Crippen LogP contribution in [0, 0.1) is 0 Å². The smallest absolute Gasteiger partial charge is 0.433 e. The Bertz CT molecular complexity index is 1670. The highest BCUT2D eigenvalue weighted by Crippen LogP contribution is 2.50. The van der Waals surface area contributed by atoms with E-state index >= 15 is 0 Å². The van der Waals surface area contributed by atoms with Crippen molar-refractivity contribution in [2.24, 2.45) is 4.74 Å². The van der Waals surface area contributed by atoms with Gasteiger partial charge in [-0.3, -0.25) is 0 Å².